The van der Waals surface area contributed by atoms with E-state index in [2.05, 4.69) is 16.0 Å². The van der Waals surface area contributed by atoms with Crippen molar-refractivity contribution >= 4 is 41.4 Å². The molecule has 0 heterocycles. The molecule has 0 spiro atoms. The lowest BCUT2D eigenvalue weighted by atomic mass is 10.2. The molecule has 0 bridgehead atoms. The Kier molecular flexibility index (Phi) is 11.0. The summed E-state index contributed by atoms with van der Waals surface area (Å²) in [5.74, 6) is -3.44. The quantitative estimate of drug-likeness (QED) is 0.204. The van der Waals surface area contributed by atoms with E-state index in [1.165, 1.54) is 18.7 Å². The summed E-state index contributed by atoms with van der Waals surface area (Å²) < 4.78 is 0. The summed E-state index contributed by atoms with van der Waals surface area (Å²) in [6.45, 7) is 0.916. The number of carbonyl (C=O) groups is 5. The Morgan fingerprint density at radius 3 is 2.23 bits per heavy atom. The average Bonchev–Trinajstić information content (AvgIpc) is 2.54. The molecule has 0 aliphatic carbocycles. The van der Waals surface area contributed by atoms with Crippen molar-refractivity contribution in [3.8, 4) is 0 Å². The minimum atomic E-state index is -1.17. The lowest BCUT2D eigenvalue weighted by Crippen LogP contribution is -2.52. The highest BCUT2D eigenvalue weighted by Crippen LogP contribution is 2.01. The van der Waals surface area contributed by atoms with E-state index in [9.17, 15) is 24.0 Å². The number of carboxylic acid groups (broad SMARTS) is 1. The van der Waals surface area contributed by atoms with Gasteiger partial charge >= 0.3 is 5.97 Å². The van der Waals surface area contributed by atoms with Crippen molar-refractivity contribution in [3.63, 3.8) is 0 Å². The number of rotatable bonds is 12. The minimum Gasteiger partial charge on any atom is -0.480 e. The first-order valence-corrected chi connectivity index (χ1v) is 9.10. The lowest BCUT2D eigenvalue weighted by Gasteiger charge is -2.19. The highest BCUT2D eigenvalue weighted by atomic mass is 32.2. The van der Waals surface area contributed by atoms with Gasteiger partial charge in [0.05, 0.1) is 19.0 Å². The first-order chi connectivity index (χ1) is 12.1. The zero-order chi connectivity index (χ0) is 20.3. The van der Waals surface area contributed by atoms with E-state index in [0.717, 1.165) is 0 Å². The molecule has 8 N–H and O–H groups in total. The van der Waals surface area contributed by atoms with Gasteiger partial charge in [-0.1, -0.05) is 0 Å². The molecule has 0 rings (SSSR count). The van der Waals surface area contributed by atoms with Crippen LogP contribution < -0.4 is 27.4 Å². The second-order valence-corrected chi connectivity index (χ2v) is 6.45. The van der Waals surface area contributed by atoms with Gasteiger partial charge in [-0.3, -0.25) is 19.2 Å². The summed E-state index contributed by atoms with van der Waals surface area (Å²) in [5, 5.41) is 15.9. The second-order valence-electron chi connectivity index (χ2n) is 5.46. The number of hydrogen-bond donors (Lipinski definition) is 6. The molecule has 0 aromatic carbocycles. The number of aliphatic carboxylic acids is 1. The highest BCUT2D eigenvalue weighted by molar-refractivity contribution is 7.98. The SMILES string of the molecule is CSCCC(NC(=O)C(C)NC(=O)CNC(=O)C(N)CC(N)=O)C(=O)O. The Morgan fingerprint density at radius 2 is 1.73 bits per heavy atom. The number of hydrogen-bond acceptors (Lipinski definition) is 7. The summed E-state index contributed by atoms with van der Waals surface area (Å²) in [7, 11) is 0. The molecule has 11 nitrogen and oxygen atoms in total. The standard InChI is InChI=1S/C14H25N5O6S/c1-7(12(22)19-9(14(24)25)3-4-26-2)18-11(21)6-17-13(23)8(15)5-10(16)20/h7-9H,3-6,15H2,1-2H3,(H2,16,20)(H,17,23)(H,18,21)(H,19,22)(H,24,25). The molecular formula is C14H25N5O6S. The molecule has 0 aliphatic rings. The van der Waals surface area contributed by atoms with Crippen LogP contribution >= 0.6 is 11.8 Å². The van der Waals surface area contributed by atoms with Crippen LogP contribution in [0.25, 0.3) is 0 Å². The van der Waals surface area contributed by atoms with Gasteiger partial charge in [0.2, 0.25) is 23.6 Å². The Balaban J connectivity index is 4.39. The van der Waals surface area contributed by atoms with E-state index in [1.54, 1.807) is 0 Å². The van der Waals surface area contributed by atoms with Crippen molar-refractivity contribution in [1.82, 2.24) is 16.0 Å². The molecule has 148 valence electrons. The number of carbonyl (C=O) groups excluding carboxylic acids is 4. The zero-order valence-electron chi connectivity index (χ0n) is 14.6. The molecule has 12 heteroatoms. The zero-order valence-corrected chi connectivity index (χ0v) is 15.4. The van der Waals surface area contributed by atoms with Crippen LogP contribution in [0.15, 0.2) is 0 Å². The molecular weight excluding hydrogens is 366 g/mol. The molecule has 0 aromatic rings. The second kappa shape index (κ2) is 12.1. The summed E-state index contributed by atoms with van der Waals surface area (Å²) in [6, 6.07) is -3.23. The van der Waals surface area contributed by atoms with E-state index >= 15 is 0 Å². The predicted octanol–water partition coefficient (Wildman–Crippen LogP) is -2.87. The lowest BCUT2D eigenvalue weighted by molar-refractivity contribution is -0.142. The van der Waals surface area contributed by atoms with E-state index in [4.69, 9.17) is 16.6 Å². The molecule has 26 heavy (non-hydrogen) atoms. The van der Waals surface area contributed by atoms with Gasteiger partial charge in [0.1, 0.15) is 12.1 Å². The third-order valence-corrected chi connectivity index (χ3v) is 3.82. The molecule has 0 fully saturated rings. The van der Waals surface area contributed by atoms with Gasteiger partial charge < -0.3 is 32.5 Å². The molecule has 3 unspecified atom stereocenters. The minimum absolute atomic E-state index is 0.247. The highest BCUT2D eigenvalue weighted by Gasteiger charge is 2.24. The predicted molar refractivity (Wildman–Crippen MR) is 95.0 cm³/mol. The first kappa shape index (κ1) is 23.7. The average molecular weight is 391 g/mol. The number of thioether (sulfide) groups is 1. The van der Waals surface area contributed by atoms with Gasteiger partial charge in [-0.25, -0.2) is 4.79 Å². The maximum Gasteiger partial charge on any atom is 0.326 e. The van der Waals surface area contributed by atoms with Crippen molar-refractivity contribution in [1.29, 1.82) is 0 Å². The van der Waals surface area contributed by atoms with Crippen LogP contribution in [0.5, 0.6) is 0 Å². The van der Waals surface area contributed by atoms with Crippen LogP contribution in [0.3, 0.4) is 0 Å². The summed E-state index contributed by atoms with van der Waals surface area (Å²) in [6.07, 6.45) is 1.70. The van der Waals surface area contributed by atoms with Crippen LogP contribution in [0.4, 0.5) is 0 Å². The van der Waals surface area contributed by atoms with Crippen molar-refractivity contribution in [2.75, 3.05) is 18.6 Å². The fraction of sp³-hybridized carbons (Fsp3) is 0.643. The Bertz CT molecular complexity index is 544. The normalized spacial score (nSPS) is 13.8. The van der Waals surface area contributed by atoms with Crippen LogP contribution in [-0.4, -0.2) is 71.4 Å². The van der Waals surface area contributed by atoms with Crippen LogP contribution in [0, 0.1) is 0 Å². The van der Waals surface area contributed by atoms with E-state index < -0.39 is 54.3 Å². The topological polar surface area (TPSA) is 194 Å². The van der Waals surface area contributed by atoms with Gasteiger partial charge in [0.25, 0.3) is 0 Å². The summed E-state index contributed by atoms with van der Waals surface area (Å²) in [4.78, 5) is 57.0. The van der Waals surface area contributed by atoms with Crippen molar-refractivity contribution in [3.05, 3.63) is 0 Å². The van der Waals surface area contributed by atoms with Gasteiger partial charge in [-0.2, -0.15) is 11.8 Å². The number of nitrogens with one attached hydrogen (secondary N) is 3. The first-order valence-electron chi connectivity index (χ1n) is 7.71. The fourth-order valence-corrected chi connectivity index (χ4v) is 2.23. The molecule has 0 saturated carbocycles. The maximum absolute atomic E-state index is 12.0. The van der Waals surface area contributed by atoms with Crippen molar-refractivity contribution in [2.45, 2.75) is 37.9 Å². The Labute approximate surface area is 155 Å². The molecule has 0 aliphatic heterocycles. The van der Waals surface area contributed by atoms with E-state index in [1.807, 2.05) is 6.26 Å². The van der Waals surface area contributed by atoms with Gasteiger partial charge in [-0.05, 0) is 25.4 Å². The Morgan fingerprint density at radius 1 is 1.12 bits per heavy atom. The smallest absolute Gasteiger partial charge is 0.326 e. The third kappa shape index (κ3) is 9.84. The fourth-order valence-electron chi connectivity index (χ4n) is 1.76. The molecule has 3 atom stereocenters. The summed E-state index contributed by atoms with van der Waals surface area (Å²) in [5.41, 5.74) is 10.3. The molecule has 4 amide bonds. The van der Waals surface area contributed by atoms with Gasteiger partial charge in [0, 0.05) is 0 Å². The largest absolute Gasteiger partial charge is 0.480 e. The van der Waals surface area contributed by atoms with Crippen molar-refractivity contribution < 1.29 is 29.1 Å². The van der Waals surface area contributed by atoms with Crippen LogP contribution in [0.1, 0.15) is 19.8 Å². The Hall–Kier alpha value is -2.34. The van der Waals surface area contributed by atoms with Gasteiger partial charge in [-0.15, -0.1) is 0 Å². The van der Waals surface area contributed by atoms with Crippen LogP contribution in [0.2, 0.25) is 0 Å². The third-order valence-electron chi connectivity index (χ3n) is 3.18. The number of carboxylic acids is 1. The van der Waals surface area contributed by atoms with Crippen LogP contribution in [-0.2, 0) is 24.0 Å². The number of amides is 4. The van der Waals surface area contributed by atoms with Gasteiger partial charge in [0.15, 0.2) is 0 Å². The molecule has 0 radical (unpaired) electrons. The van der Waals surface area contributed by atoms with Crippen molar-refractivity contribution in [2.24, 2.45) is 11.5 Å². The molecule has 0 aromatic heterocycles. The van der Waals surface area contributed by atoms with E-state index in [-0.39, 0.29) is 12.8 Å². The van der Waals surface area contributed by atoms with E-state index in [0.29, 0.717) is 5.75 Å². The maximum atomic E-state index is 12.0. The number of nitrogens with two attached hydrogens (primary N) is 2. The number of primary amides is 1. The summed E-state index contributed by atoms with van der Waals surface area (Å²) >= 11 is 1.44. The molecule has 0 saturated heterocycles. The monoisotopic (exact) mass is 391 g/mol.